The number of anilines is 1. The van der Waals surface area contributed by atoms with Crippen LogP contribution in [0.25, 0.3) is 22.3 Å². The number of benzene rings is 1. The highest BCUT2D eigenvalue weighted by atomic mass is 15.5. The summed E-state index contributed by atoms with van der Waals surface area (Å²) in [7, 11) is 0. The average molecular weight is 545 g/mol. The van der Waals surface area contributed by atoms with Crippen molar-refractivity contribution in [2.24, 2.45) is 10.7 Å². The molecule has 206 valence electrons. The van der Waals surface area contributed by atoms with Gasteiger partial charge in [0.1, 0.15) is 23.0 Å². The lowest BCUT2D eigenvalue weighted by Gasteiger charge is -2.22. The summed E-state index contributed by atoms with van der Waals surface area (Å²) in [5, 5.41) is 17.6. The van der Waals surface area contributed by atoms with E-state index < -0.39 is 0 Å². The number of aliphatic imine (C=N–C) groups is 1. The third-order valence-electron chi connectivity index (χ3n) is 8.40. The van der Waals surface area contributed by atoms with Gasteiger partial charge in [0.25, 0.3) is 0 Å². The van der Waals surface area contributed by atoms with Crippen LogP contribution in [0.2, 0.25) is 0 Å². The van der Waals surface area contributed by atoms with E-state index in [-0.39, 0.29) is 6.04 Å². The average Bonchev–Trinajstić information content (AvgIpc) is 3.33. The van der Waals surface area contributed by atoms with Crippen LogP contribution in [0.3, 0.4) is 0 Å². The zero-order valence-electron chi connectivity index (χ0n) is 22.8. The van der Waals surface area contributed by atoms with Crippen LogP contribution in [0.1, 0.15) is 29.7 Å². The quantitative estimate of drug-likeness (QED) is 0.269. The Morgan fingerprint density at radius 3 is 2.61 bits per heavy atom. The zero-order valence-corrected chi connectivity index (χ0v) is 22.8. The zero-order chi connectivity index (χ0) is 27.8. The third kappa shape index (κ3) is 4.94. The van der Waals surface area contributed by atoms with Gasteiger partial charge in [0.05, 0.1) is 29.8 Å². The van der Waals surface area contributed by atoms with Crippen molar-refractivity contribution in [1.82, 2.24) is 29.8 Å². The van der Waals surface area contributed by atoms with Gasteiger partial charge in [0, 0.05) is 61.5 Å². The minimum Gasteiger partial charge on any atom is -0.404 e. The molecule has 0 amide bonds. The summed E-state index contributed by atoms with van der Waals surface area (Å²) in [6.45, 7) is 4.89. The predicted octanol–water partition coefficient (Wildman–Crippen LogP) is 2.86. The molecule has 1 aromatic carbocycles. The number of rotatable bonds is 7. The first-order chi connectivity index (χ1) is 20.2. The second-order valence-electron chi connectivity index (χ2n) is 10.9. The Morgan fingerprint density at radius 1 is 1.10 bits per heavy atom. The van der Waals surface area contributed by atoms with Crippen LogP contribution in [-0.2, 0) is 6.54 Å². The number of aromatic nitrogens is 4. The van der Waals surface area contributed by atoms with E-state index in [0.717, 1.165) is 56.9 Å². The highest BCUT2D eigenvalue weighted by Crippen LogP contribution is 2.39. The molecule has 3 aliphatic heterocycles. The van der Waals surface area contributed by atoms with Gasteiger partial charge in [-0.2, -0.15) is 10.4 Å². The summed E-state index contributed by atoms with van der Waals surface area (Å²) in [5.41, 5.74) is 11.3. The lowest BCUT2D eigenvalue weighted by molar-refractivity contribution is 0.445. The molecule has 3 N–H and O–H groups in total. The van der Waals surface area contributed by atoms with Gasteiger partial charge in [-0.15, -0.1) is 0 Å². The van der Waals surface area contributed by atoms with Gasteiger partial charge in [-0.1, -0.05) is 30.3 Å². The molecule has 3 aliphatic rings. The van der Waals surface area contributed by atoms with Crippen molar-refractivity contribution >= 4 is 23.1 Å². The number of hydrogen-bond donors (Lipinski definition) is 2. The number of fused-ring (bicyclic) bond motifs is 2. The fourth-order valence-corrected chi connectivity index (χ4v) is 6.07. The molecule has 3 fully saturated rings. The van der Waals surface area contributed by atoms with Crippen molar-refractivity contribution in [3.05, 3.63) is 84.1 Å². The van der Waals surface area contributed by atoms with Crippen molar-refractivity contribution < 1.29 is 0 Å². The van der Waals surface area contributed by atoms with Crippen molar-refractivity contribution in [2.45, 2.75) is 37.5 Å². The van der Waals surface area contributed by atoms with Crippen LogP contribution >= 0.6 is 0 Å². The van der Waals surface area contributed by atoms with Crippen LogP contribution in [0.4, 0.5) is 5.82 Å². The largest absolute Gasteiger partial charge is 0.404 e. The van der Waals surface area contributed by atoms with Gasteiger partial charge in [0.2, 0.25) is 0 Å². The molecule has 0 saturated carbocycles. The van der Waals surface area contributed by atoms with Crippen molar-refractivity contribution in [3.63, 3.8) is 0 Å². The normalized spacial score (nSPS) is 22.8. The van der Waals surface area contributed by atoms with Crippen LogP contribution in [0, 0.1) is 11.3 Å². The number of nitriles is 1. The highest BCUT2D eigenvalue weighted by Gasteiger charge is 2.53. The van der Waals surface area contributed by atoms with Gasteiger partial charge in [-0.25, -0.2) is 14.5 Å². The Bertz CT molecular complexity index is 1630. The topological polar surface area (TPSA) is 124 Å². The Kier molecular flexibility index (Phi) is 6.66. The van der Waals surface area contributed by atoms with Gasteiger partial charge >= 0.3 is 0 Å². The lowest BCUT2D eigenvalue weighted by Crippen LogP contribution is -2.29. The van der Waals surface area contributed by atoms with Gasteiger partial charge < -0.3 is 16.0 Å². The summed E-state index contributed by atoms with van der Waals surface area (Å²) < 4.78 is 1.70. The van der Waals surface area contributed by atoms with E-state index in [4.69, 9.17) is 20.7 Å². The number of nitrogens with zero attached hydrogens (tertiary/aromatic N) is 8. The van der Waals surface area contributed by atoms with Crippen molar-refractivity contribution in [3.8, 4) is 17.3 Å². The fraction of sp³-hybridized carbons (Fsp3) is 0.323. The first-order valence-electron chi connectivity index (χ1n) is 14.2. The number of pyridine rings is 1. The number of hydrogen-bond acceptors (Lipinski definition) is 9. The molecular weight excluding hydrogens is 512 g/mol. The Labute approximate surface area is 238 Å². The van der Waals surface area contributed by atoms with Crippen LogP contribution < -0.4 is 16.0 Å². The van der Waals surface area contributed by atoms with E-state index in [1.54, 1.807) is 16.9 Å². The van der Waals surface area contributed by atoms with Gasteiger partial charge in [-0.3, -0.25) is 9.89 Å². The molecular formula is C31H32N10. The van der Waals surface area contributed by atoms with Crippen LogP contribution in [0.15, 0.2) is 72.2 Å². The first-order valence-corrected chi connectivity index (χ1v) is 14.2. The summed E-state index contributed by atoms with van der Waals surface area (Å²) in [5.74, 6) is 0.957. The molecule has 4 aromatic rings. The van der Waals surface area contributed by atoms with E-state index in [1.807, 2.05) is 24.5 Å². The SMILES string of the molecule is N#Cc1cnn2cc(/C(C=NC3CCNCC3)=C/N)nc(-c3ccc(N4CC5C(C4)N5Cc4ccccc4)nc3)c12. The molecule has 3 aromatic heterocycles. The molecule has 0 spiro atoms. The molecule has 10 nitrogen and oxygen atoms in total. The third-order valence-corrected chi connectivity index (χ3v) is 8.40. The van der Waals surface area contributed by atoms with Gasteiger partial charge in [-0.05, 0) is 43.6 Å². The summed E-state index contributed by atoms with van der Waals surface area (Å²) in [4.78, 5) is 19.5. The molecule has 2 atom stereocenters. The second-order valence-corrected chi connectivity index (χ2v) is 10.9. The maximum Gasteiger partial charge on any atom is 0.128 e. The minimum atomic E-state index is 0.267. The predicted molar refractivity (Wildman–Crippen MR) is 159 cm³/mol. The number of piperazine rings is 1. The summed E-state index contributed by atoms with van der Waals surface area (Å²) in [6.07, 6.45) is 10.5. The molecule has 6 heterocycles. The molecule has 3 saturated heterocycles. The second kappa shape index (κ2) is 10.8. The van der Waals surface area contributed by atoms with E-state index in [2.05, 4.69) is 56.6 Å². The van der Waals surface area contributed by atoms with Crippen molar-refractivity contribution in [2.75, 3.05) is 31.1 Å². The van der Waals surface area contributed by atoms with Crippen molar-refractivity contribution in [1.29, 1.82) is 5.26 Å². The van der Waals surface area contributed by atoms with Crippen LogP contribution in [0.5, 0.6) is 0 Å². The Morgan fingerprint density at radius 2 is 1.90 bits per heavy atom. The Hall–Kier alpha value is -4.59. The number of nitrogens with one attached hydrogen (secondary N) is 1. The minimum absolute atomic E-state index is 0.267. The number of allylic oxidation sites excluding steroid dienone is 1. The molecule has 0 radical (unpaired) electrons. The maximum atomic E-state index is 9.77. The summed E-state index contributed by atoms with van der Waals surface area (Å²) in [6, 6.07) is 18.4. The maximum absolute atomic E-state index is 9.77. The van der Waals surface area contributed by atoms with E-state index in [0.29, 0.717) is 40.1 Å². The summed E-state index contributed by atoms with van der Waals surface area (Å²) >= 11 is 0. The lowest BCUT2D eigenvalue weighted by atomic mass is 10.1. The molecule has 10 heteroatoms. The van der Waals surface area contributed by atoms with Crippen LogP contribution in [-0.4, -0.2) is 75.0 Å². The molecule has 2 unspecified atom stereocenters. The molecule has 7 rings (SSSR count). The number of nitrogens with two attached hydrogens (primary N) is 1. The number of piperidine rings is 1. The monoisotopic (exact) mass is 544 g/mol. The first kappa shape index (κ1) is 25.4. The van der Waals surface area contributed by atoms with E-state index in [1.165, 1.54) is 11.8 Å². The fourth-order valence-electron chi connectivity index (χ4n) is 6.07. The Balaban J connectivity index is 1.12. The van der Waals surface area contributed by atoms with Gasteiger partial charge in [0.15, 0.2) is 0 Å². The van der Waals surface area contributed by atoms with E-state index >= 15 is 0 Å². The molecule has 0 bridgehead atoms. The molecule has 0 aliphatic carbocycles. The highest BCUT2D eigenvalue weighted by molar-refractivity contribution is 6.09. The van der Waals surface area contributed by atoms with E-state index in [9.17, 15) is 5.26 Å². The smallest absolute Gasteiger partial charge is 0.128 e. The standard InChI is InChI=1S/C31H32N10/c32-12-23(15-35-25-8-10-34-11-9-25)26-18-41-31(24(13-33)16-37-41)30(38-26)22-6-7-29(36-14-22)39-19-27-28(20-39)40(27)17-21-4-2-1-3-5-21/h1-7,12,14-16,18,25,27-28,34H,8-11,17,19-20,32H2/b23-12+,35-15?. The molecule has 41 heavy (non-hydrogen) atoms.